The Morgan fingerprint density at radius 1 is 1.32 bits per heavy atom. The number of aryl methyl sites for hydroxylation is 2. The van der Waals surface area contributed by atoms with Gasteiger partial charge in [-0.3, -0.25) is 4.79 Å². The zero-order valence-electron chi connectivity index (χ0n) is 14.3. The number of anilines is 2. The molecule has 1 aliphatic heterocycles. The van der Waals surface area contributed by atoms with Gasteiger partial charge in [0, 0.05) is 29.9 Å². The van der Waals surface area contributed by atoms with E-state index in [1.54, 1.807) is 19.1 Å². The topological polar surface area (TPSA) is 76.1 Å². The summed E-state index contributed by atoms with van der Waals surface area (Å²) < 4.78 is 5.58. The maximum absolute atomic E-state index is 12.5. The summed E-state index contributed by atoms with van der Waals surface area (Å²) in [4.78, 5) is 21.0. The fourth-order valence-corrected chi connectivity index (χ4v) is 2.84. The summed E-state index contributed by atoms with van der Waals surface area (Å²) in [5.74, 6) is 0.852. The standard InChI is InChI=1S/C18H21ClN4O2/c1-11-5-6-13(8-15(11)19)23-18(24)16-9-17(22-12(2)21-16)20-10-14-4-3-7-25-14/h5-6,8-9,14H,3-4,7,10H2,1-2H3,(H,23,24)(H,20,21,22). The van der Waals surface area contributed by atoms with Gasteiger partial charge in [0.15, 0.2) is 0 Å². The SMILES string of the molecule is Cc1nc(NCC2CCCO2)cc(C(=O)Nc2ccc(C)c(Cl)c2)n1. The normalized spacial score (nSPS) is 16.7. The summed E-state index contributed by atoms with van der Waals surface area (Å²) in [7, 11) is 0. The van der Waals surface area contributed by atoms with Gasteiger partial charge in [-0.15, -0.1) is 0 Å². The molecule has 1 aliphatic rings. The summed E-state index contributed by atoms with van der Waals surface area (Å²) in [5.41, 5.74) is 1.89. The molecule has 6 nitrogen and oxygen atoms in total. The first-order valence-corrected chi connectivity index (χ1v) is 8.68. The Bertz CT molecular complexity index is 776. The number of rotatable bonds is 5. The number of carbonyl (C=O) groups excluding carboxylic acids is 1. The number of nitrogens with zero attached hydrogens (tertiary/aromatic N) is 2. The average Bonchev–Trinajstić information content (AvgIpc) is 3.09. The molecule has 25 heavy (non-hydrogen) atoms. The molecule has 0 bridgehead atoms. The zero-order valence-corrected chi connectivity index (χ0v) is 15.1. The third-order valence-electron chi connectivity index (χ3n) is 4.04. The van der Waals surface area contributed by atoms with Gasteiger partial charge in [0.05, 0.1) is 6.10 Å². The molecule has 1 amide bonds. The van der Waals surface area contributed by atoms with E-state index in [1.807, 2.05) is 19.1 Å². The van der Waals surface area contributed by atoms with Crippen molar-refractivity contribution < 1.29 is 9.53 Å². The number of ether oxygens (including phenoxy) is 1. The van der Waals surface area contributed by atoms with Crippen LogP contribution in [0, 0.1) is 13.8 Å². The van der Waals surface area contributed by atoms with Crippen molar-refractivity contribution in [1.82, 2.24) is 9.97 Å². The second-order valence-corrected chi connectivity index (χ2v) is 6.53. The molecule has 1 fully saturated rings. The Hall–Kier alpha value is -2.18. The fourth-order valence-electron chi connectivity index (χ4n) is 2.66. The monoisotopic (exact) mass is 360 g/mol. The molecule has 2 heterocycles. The van der Waals surface area contributed by atoms with Crippen LogP contribution >= 0.6 is 11.6 Å². The lowest BCUT2D eigenvalue weighted by atomic mass is 10.2. The van der Waals surface area contributed by atoms with Crippen LogP contribution in [0.4, 0.5) is 11.5 Å². The number of benzene rings is 1. The molecule has 1 aromatic carbocycles. The van der Waals surface area contributed by atoms with E-state index in [9.17, 15) is 4.79 Å². The molecule has 0 spiro atoms. The smallest absolute Gasteiger partial charge is 0.274 e. The van der Waals surface area contributed by atoms with Crippen LogP contribution in [0.3, 0.4) is 0 Å². The summed E-state index contributed by atoms with van der Waals surface area (Å²) in [5, 5.41) is 6.64. The Kier molecular flexibility index (Phi) is 5.50. The first kappa shape index (κ1) is 17.6. The fraction of sp³-hybridized carbons (Fsp3) is 0.389. The summed E-state index contributed by atoms with van der Waals surface area (Å²) in [6, 6.07) is 7.04. The average molecular weight is 361 g/mol. The summed E-state index contributed by atoms with van der Waals surface area (Å²) in [6.07, 6.45) is 2.32. The number of amides is 1. The molecule has 1 saturated heterocycles. The van der Waals surface area contributed by atoms with Crippen LogP contribution in [-0.2, 0) is 4.74 Å². The van der Waals surface area contributed by atoms with Gasteiger partial charge >= 0.3 is 0 Å². The highest BCUT2D eigenvalue weighted by Crippen LogP contribution is 2.20. The van der Waals surface area contributed by atoms with E-state index in [1.165, 1.54) is 0 Å². The third-order valence-corrected chi connectivity index (χ3v) is 4.44. The molecule has 0 radical (unpaired) electrons. The highest BCUT2D eigenvalue weighted by molar-refractivity contribution is 6.31. The third kappa shape index (κ3) is 4.67. The van der Waals surface area contributed by atoms with Crippen LogP contribution in [0.1, 0.15) is 34.7 Å². The van der Waals surface area contributed by atoms with Crippen molar-refractivity contribution in [3.63, 3.8) is 0 Å². The van der Waals surface area contributed by atoms with Crippen LogP contribution in [-0.4, -0.2) is 35.1 Å². The van der Waals surface area contributed by atoms with Gasteiger partial charge in [-0.1, -0.05) is 17.7 Å². The minimum atomic E-state index is -0.300. The van der Waals surface area contributed by atoms with E-state index in [2.05, 4.69) is 20.6 Å². The van der Waals surface area contributed by atoms with Crippen molar-refractivity contribution in [1.29, 1.82) is 0 Å². The number of carbonyl (C=O) groups is 1. The molecular formula is C18H21ClN4O2. The molecule has 132 valence electrons. The largest absolute Gasteiger partial charge is 0.376 e. The summed E-state index contributed by atoms with van der Waals surface area (Å²) in [6.45, 7) is 5.15. The predicted octanol–water partition coefficient (Wildman–Crippen LogP) is 3.59. The van der Waals surface area contributed by atoms with Gasteiger partial charge in [0.25, 0.3) is 5.91 Å². The molecule has 1 unspecified atom stereocenters. The first-order valence-electron chi connectivity index (χ1n) is 8.30. The lowest BCUT2D eigenvalue weighted by molar-refractivity contribution is 0.102. The van der Waals surface area contributed by atoms with Crippen molar-refractivity contribution in [3.8, 4) is 0 Å². The summed E-state index contributed by atoms with van der Waals surface area (Å²) >= 11 is 6.10. The highest BCUT2D eigenvalue weighted by atomic mass is 35.5. The Morgan fingerprint density at radius 2 is 2.16 bits per heavy atom. The second-order valence-electron chi connectivity index (χ2n) is 6.12. The lowest BCUT2D eigenvalue weighted by Crippen LogP contribution is -2.20. The second kappa shape index (κ2) is 7.80. The minimum Gasteiger partial charge on any atom is -0.376 e. The number of halogens is 1. The Morgan fingerprint density at radius 3 is 2.88 bits per heavy atom. The molecule has 1 aromatic heterocycles. The quantitative estimate of drug-likeness (QED) is 0.852. The van der Waals surface area contributed by atoms with Gasteiger partial charge in [0.1, 0.15) is 17.3 Å². The van der Waals surface area contributed by atoms with Crippen LogP contribution in [0.2, 0.25) is 5.02 Å². The Balaban J connectivity index is 1.69. The van der Waals surface area contributed by atoms with E-state index < -0.39 is 0 Å². The first-order chi connectivity index (χ1) is 12.0. The van der Waals surface area contributed by atoms with Crippen molar-refractivity contribution in [2.24, 2.45) is 0 Å². The van der Waals surface area contributed by atoms with E-state index in [0.29, 0.717) is 34.6 Å². The molecule has 1 atom stereocenters. The maximum Gasteiger partial charge on any atom is 0.274 e. The van der Waals surface area contributed by atoms with Crippen molar-refractivity contribution >= 4 is 29.0 Å². The van der Waals surface area contributed by atoms with Crippen LogP contribution in [0.5, 0.6) is 0 Å². The minimum absolute atomic E-state index is 0.197. The number of nitrogens with one attached hydrogen (secondary N) is 2. The molecule has 0 saturated carbocycles. The zero-order chi connectivity index (χ0) is 17.8. The number of aromatic nitrogens is 2. The number of hydrogen-bond donors (Lipinski definition) is 2. The molecular weight excluding hydrogens is 340 g/mol. The molecule has 2 aromatic rings. The van der Waals surface area contributed by atoms with E-state index in [-0.39, 0.29) is 12.0 Å². The molecule has 0 aliphatic carbocycles. The van der Waals surface area contributed by atoms with Gasteiger partial charge < -0.3 is 15.4 Å². The van der Waals surface area contributed by atoms with Gasteiger partial charge in [-0.25, -0.2) is 9.97 Å². The Labute approximate surface area is 152 Å². The van der Waals surface area contributed by atoms with E-state index >= 15 is 0 Å². The van der Waals surface area contributed by atoms with Crippen molar-refractivity contribution in [2.75, 3.05) is 23.8 Å². The molecule has 7 heteroatoms. The van der Waals surface area contributed by atoms with Gasteiger partial charge in [-0.2, -0.15) is 0 Å². The van der Waals surface area contributed by atoms with Gasteiger partial charge in [-0.05, 0) is 44.4 Å². The van der Waals surface area contributed by atoms with Crippen LogP contribution < -0.4 is 10.6 Å². The molecule has 2 N–H and O–H groups in total. The van der Waals surface area contributed by atoms with E-state index in [4.69, 9.17) is 16.3 Å². The highest BCUT2D eigenvalue weighted by Gasteiger charge is 2.16. The van der Waals surface area contributed by atoms with Gasteiger partial charge in [0.2, 0.25) is 0 Å². The van der Waals surface area contributed by atoms with Crippen LogP contribution in [0.25, 0.3) is 0 Å². The van der Waals surface area contributed by atoms with Crippen molar-refractivity contribution in [2.45, 2.75) is 32.8 Å². The lowest BCUT2D eigenvalue weighted by Gasteiger charge is -2.12. The predicted molar refractivity (Wildman–Crippen MR) is 98.4 cm³/mol. The van der Waals surface area contributed by atoms with E-state index in [0.717, 1.165) is 25.0 Å². The molecule has 3 rings (SSSR count). The van der Waals surface area contributed by atoms with Crippen LogP contribution in [0.15, 0.2) is 24.3 Å². The number of hydrogen-bond acceptors (Lipinski definition) is 5. The maximum atomic E-state index is 12.5. The van der Waals surface area contributed by atoms with Crippen molar-refractivity contribution in [3.05, 3.63) is 46.4 Å².